The van der Waals surface area contributed by atoms with Crippen molar-refractivity contribution in [1.82, 2.24) is 10.3 Å². The Morgan fingerprint density at radius 2 is 2.64 bits per heavy atom. The van der Waals surface area contributed by atoms with E-state index < -0.39 is 0 Å². The molecular formula is C7H12N2OS. The van der Waals surface area contributed by atoms with Crippen molar-refractivity contribution in [3.8, 4) is 0 Å². The van der Waals surface area contributed by atoms with Gasteiger partial charge in [-0.1, -0.05) is 0 Å². The van der Waals surface area contributed by atoms with Crippen molar-refractivity contribution in [1.29, 1.82) is 0 Å². The van der Waals surface area contributed by atoms with Gasteiger partial charge in [0.05, 0.1) is 17.3 Å². The van der Waals surface area contributed by atoms with Crippen molar-refractivity contribution in [2.24, 2.45) is 0 Å². The quantitative estimate of drug-likeness (QED) is 0.699. The third kappa shape index (κ3) is 3.46. The Hall–Kier alpha value is -0.450. The molecule has 4 heteroatoms. The summed E-state index contributed by atoms with van der Waals surface area (Å²) in [6.45, 7) is 3.12. The fourth-order valence-corrected chi connectivity index (χ4v) is 1.29. The maximum atomic E-state index is 8.90. The Kier molecular flexibility index (Phi) is 3.48. The van der Waals surface area contributed by atoms with Gasteiger partial charge in [0.25, 0.3) is 0 Å². The standard InChI is InChI=1S/C7H12N2OS/c1-6(10)2-8-3-7-4-11-5-9-7/h4-6,8,10H,2-3H2,1H3. The van der Waals surface area contributed by atoms with Gasteiger partial charge in [-0.15, -0.1) is 11.3 Å². The van der Waals surface area contributed by atoms with Gasteiger partial charge in [0.15, 0.2) is 0 Å². The van der Waals surface area contributed by atoms with Crippen LogP contribution >= 0.6 is 11.3 Å². The van der Waals surface area contributed by atoms with Crippen LogP contribution in [-0.2, 0) is 6.54 Å². The normalized spacial score (nSPS) is 13.3. The molecule has 0 aliphatic heterocycles. The van der Waals surface area contributed by atoms with Crippen molar-refractivity contribution >= 4 is 11.3 Å². The summed E-state index contributed by atoms with van der Waals surface area (Å²) in [6.07, 6.45) is -0.284. The van der Waals surface area contributed by atoms with Gasteiger partial charge in [-0.2, -0.15) is 0 Å². The zero-order chi connectivity index (χ0) is 8.10. The average Bonchev–Trinajstić information content (AvgIpc) is 2.39. The fourth-order valence-electron chi connectivity index (χ4n) is 0.734. The minimum Gasteiger partial charge on any atom is -0.392 e. The number of hydrogen-bond acceptors (Lipinski definition) is 4. The molecule has 1 aromatic heterocycles. The van der Waals surface area contributed by atoms with Gasteiger partial charge in [-0.3, -0.25) is 0 Å². The summed E-state index contributed by atoms with van der Waals surface area (Å²) >= 11 is 1.58. The van der Waals surface area contributed by atoms with Crippen molar-refractivity contribution in [2.75, 3.05) is 6.54 Å². The molecule has 62 valence electrons. The first-order valence-corrected chi connectivity index (χ1v) is 4.49. The molecule has 1 unspecified atom stereocenters. The van der Waals surface area contributed by atoms with Crippen LogP contribution in [0.2, 0.25) is 0 Å². The molecule has 11 heavy (non-hydrogen) atoms. The van der Waals surface area contributed by atoms with E-state index in [9.17, 15) is 0 Å². The zero-order valence-electron chi connectivity index (χ0n) is 6.45. The lowest BCUT2D eigenvalue weighted by atomic mass is 10.4. The van der Waals surface area contributed by atoms with Gasteiger partial charge in [-0.25, -0.2) is 4.98 Å². The van der Waals surface area contributed by atoms with Gasteiger partial charge >= 0.3 is 0 Å². The summed E-state index contributed by atoms with van der Waals surface area (Å²) in [7, 11) is 0. The zero-order valence-corrected chi connectivity index (χ0v) is 7.27. The lowest BCUT2D eigenvalue weighted by molar-refractivity contribution is 0.191. The molecule has 0 saturated heterocycles. The van der Waals surface area contributed by atoms with E-state index in [2.05, 4.69) is 10.3 Å². The van der Waals surface area contributed by atoms with Crippen molar-refractivity contribution in [2.45, 2.75) is 19.6 Å². The van der Waals surface area contributed by atoms with E-state index in [1.165, 1.54) is 0 Å². The van der Waals surface area contributed by atoms with E-state index in [-0.39, 0.29) is 6.10 Å². The van der Waals surface area contributed by atoms with Crippen LogP contribution in [0, 0.1) is 0 Å². The number of aliphatic hydroxyl groups is 1. The first-order valence-electron chi connectivity index (χ1n) is 3.55. The van der Waals surface area contributed by atoms with Crippen molar-refractivity contribution < 1.29 is 5.11 Å². The van der Waals surface area contributed by atoms with E-state index >= 15 is 0 Å². The summed E-state index contributed by atoms with van der Waals surface area (Å²) in [6, 6.07) is 0. The molecule has 0 fully saturated rings. The monoisotopic (exact) mass is 172 g/mol. The predicted molar refractivity (Wildman–Crippen MR) is 45.5 cm³/mol. The van der Waals surface area contributed by atoms with Crippen LogP contribution in [0.15, 0.2) is 10.9 Å². The van der Waals surface area contributed by atoms with Gasteiger partial charge in [0, 0.05) is 18.5 Å². The van der Waals surface area contributed by atoms with Crippen LogP contribution in [0.4, 0.5) is 0 Å². The van der Waals surface area contributed by atoms with E-state index in [1.807, 2.05) is 5.38 Å². The van der Waals surface area contributed by atoms with Crippen LogP contribution in [-0.4, -0.2) is 22.7 Å². The Balaban J connectivity index is 2.14. The molecule has 1 heterocycles. The Morgan fingerprint density at radius 1 is 1.82 bits per heavy atom. The molecule has 1 aromatic rings. The minimum absolute atomic E-state index is 0.284. The van der Waals surface area contributed by atoms with Crippen LogP contribution in [0.5, 0.6) is 0 Å². The topological polar surface area (TPSA) is 45.1 Å². The van der Waals surface area contributed by atoms with E-state index in [1.54, 1.807) is 23.8 Å². The van der Waals surface area contributed by atoms with Gasteiger partial charge in [-0.05, 0) is 6.92 Å². The molecule has 1 rings (SSSR count). The average molecular weight is 172 g/mol. The Labute approximate surface area is 70.1 Å². The van der Waals surface area contributed by atoms with Gasteiger partial charge < -0.3 is 10.4 Å². The molecule has 0 spiro atoms. The highest BCUT2D eigenvalue weighted by atomic mass is 32.1. The van der Waals surface area contributed by atoms with E-state index in [4.69, 9.17) is 5.11 Å². The van der Waals surface area contributed by atoms with Crippen LogP contribution in [0.25, 0.3) is 0 Å². The summed E-state index contributed by atoms with van der Waals surface area (Å²) < 4.78 is 0. The number of nitrogens with one attached hydrogen (secondary N) is 1. The number of hydrogen-bond donors (Lipinski definition) is 2. The van der Waals surface area contributed by atoms with Crippen molar-refractivity contribution in [3.05, 3.63) is 16.6 Å². The van der Waals surface area contributed by atoms with Crippen LogP contribution in [0.1, 0.15) is 12.6 Å². The molecule has 0 aromatic carbocycles. The molecule has 0 aliphatic carbocycles. The lowest BCUT2D eigenvalue weighted by Crippen LogP contribution is -2.23. The number of rotatable bonds is 4. The highest BCUT2D eigenvalue weighted by molar-refractivity contribution is 7.07. The fraction of sp³-hybridized carbons (Fsp3) is 0.571. The lowest BCUT2D eigenvalue weighted by Gasteiger charge is -2.03. The Bertz CT molecular complexity index is 186. The molecule has 0 bridgehead atoms. The predicted octanol–water partition coefficient (Wildman–Crippen LogP) is 0.614. The van der Waals surface area contributed by atoms with Crippen LogP contribution < -0.4 is 5.32 Å². The Morgan fingerprint density at radius 3 is 3.18 bits per heavy atom. The largest absolute Gasteiger partial charge is 0.392 e. The first kappa shape index (κ1) is 8.64. The molecule has 0 amide bonds. The van der Waals surface area contributed by atoms with Gasteiger partial charge in [0.2, 0.25) is 0 Å². The van der Waals surface area contributed by atoms with E-state index in [0.717, 1.165) is 12.2 Å². The molecule has 3 nitrogen and oxygen atoms in total. The third-order valence-electron chi connectivity index (χ3n) is 1.23. The van der Waals surface area contributed by atoms with E-state index in [0.29, 0.717) is 6.54 Å². The van der Waals surface area contributed by atoms with Crippen LogP contribution in [0.3, 0.4) is 0 Å². The highest BCUT2D eigenvalue weighted by Crippen LogP contribution is 1.99. The third-order valence-corrected chi connectivity index (χ3v) is 1.86. The molecule has 1 atom stereocenters. The second kappa shape index (κ2) is 4.43. The minimum atomic E-state index is -0.284. The molecule has 2 N–H and O–H groups in total. The second-order valence-corrected chi connectivity index (χ2v) is 3.18. The molecule has 0 aliphatic rings. The molecular weight excluding hydrogens is 160 g/mol. The molecule has 0 saturated carbocycles. The summed E-state index contributed by atoms with van der Waals surface area (Å²) in [5, 5.41) is 14.0. The maximum absolute atomic E-state index is 8.90. The number of aromatic nitrogens is 1. The van der Waals surface area contributed by atoms with Gasteiger partial charge in [0.1, 0.15) is 0 Å². The SMILES string of the molecule is CC(O)CNCc1cscn1. The molecule has 0 radical (unpaired) electrons. The second-order valence-electron chi connectivity index (χ2n) is 2.46. The summed E-state index contributed by atoms with van der Waals surface area (Å²) in [4.78, 5) is 4.09. The highest BCUT2D eigenvalue weighted by Gasteiger charge is 1.96. The smallest absolute Gasteiger partial charge is 0.0795 e. The summed E-state index contributed by atoms with van der Waals surface area (Å²) in [5.74, 6) is 0. The number of nitrogens with zero attached hydrogens (tertiary/aromatic N) is 1. The van der Waals surface area contributed by atoms with Crippen molar-refractivity contribution in [3.63, 3.8) is 0 Å². The number of aliphatic hydroxyl groups excluding tert-OH is 1. The summed E-state index contributed by atoms with van der Waals surface area (Å²) in [5.41, 5.74) is 2.84. The first-order chi connectivity index (χ1) is 5.29. The maximum Gasteiger partial charge on any atom is 0.0795 e. The number of thiazole rings is 1.